The number of fused-ring (bicyclic) bond motifs is 1. The molecule has 0 spiro atoms. The fourth-order valence-corrected chi connectivity index (χ4v) is 4.06. The van der Waals surface area contributed by atoms with E-state index < -0.39 is 18.0 Å². The Bertz CT molecular complexity index is 780. The molecule has 6 nitrogen and oxygen atoms in total. The zero-order valence-corrected chi connectivity index (χ0v) is 15.4. The second-order valence-corrected chi connectivity index (χ2v) is 7.58. The van der Waals surface area contributed by atoms with Crippen molar-refractivity contribution in [3.8, 4) is 0 Å². The molecule has 1 aliphatic rings. The Morgan fingerprint density at radius 3 is 2.96 bits per heavy atom. The summed E-state index contributed by atoms with van der Waals surface area (Å²) in [7, 11) is 0. The molecule has 2 heterocycles. The molecule has 0 fully saturated rings. The number of ether oxygens (including phenoxy) is 1. The summed E-state index contributed by atoms with van der Waals surface area (Å²) in [5.41, 5.74) is 1.92. The Labute approximate surface area is 150 Å². The fourth-order valence-electron chi connectivity index (χ4n) is 2.97. The van der Waals surface area contributed by atoms with E-state index >= 15 is 0 Å². The third-order valence-corrected chi connectivity index (χ3v) is 5.71. The lowest BCUT2D eigenvalue weighted by Crippen LogP contribution is -2.29. The number of anilines is 1. The van der Waals surface area contributed by atoms with Gasteiger partial charge in [-0.25, -0.2) is 4.79 Å². The first-order valence-corrected chi connectivity index (χ1v) is 9.34. The highest BCUT2D eigenvalue weighted by Crippen LogP contribution is 2.33. The lowest BCUT2D eigenvalue weighted by atomic mass is 9.87. The summed E-state index contributed by atoms with van der Waals surface area (Å²) in [5.74, 6) is 0.0318. The molecule has 1 amide bonds. The Hall–Kier alpha value is -2.15. The van der Waals surface area contributed by atoms with Crippen molar-refractivity contribution < 1.29 is 18.8 Å². The molecule has 0 bridgehead atoms. The van der Waals surface area contributed by atoms with Crippen molar-refractivity contribution in [2.75, 3.05) is 5.32 Å². The van der Waals surface area contributed by atoms with Crippen LogP contribution in [0.1, 0.15) is 52.5 Å². The van der Waals surface area contributed by atoms with Gasteiger partial charge in [0.05, 0.1) is 5.69 Å². The molecule has 3 rings (SSSR count). The van der Waals surface area contributed by atoms with Gasteiger partial charge in [0.15, 0.2) is 6.10 Å². The minimum absolute atomic E-state index is 0.239. The molecule has 0 aliphatic heterocycles. The second-order valence-electron chi connectivity index (χ2n) is 6.45. The van der Waals surface area contributed by atoms with Gasteiger partial charge in [-0.1, -0.05) is 18.5 Å². The maximum atomic E-state index is 12.4. The van der Waals surface area contributed by atoms with Crippen LogP contribution in [0.4, 0.5) is 5.88 Å². The minimum Gasteiger partial charge on any atom is -0.448 e. The number of esters is 1. The van der Waals surface area contributed by atoms with Gasteiger partial charge < -0.3 is 9.26 Å². The van der Waals surface area contributed by atoms with Gasteiger partial charge in [0.2, 0.25) is 5.88 Å². The molecule has 2 unspecified atom stereocenters. The van der Waals surface area contributed by atoms with Crippen molar-refractivity contribution in [3.63, 3.8) is 0 Å². The summed E-state index contributed by atoms with van der Waals surface area (Å²) in [6.07, 6.45) is 3.46. The summed E-state index contributed by atoms with van der Waals surface area (Å²) in [6, 6.07) is 3.53. The van der Waals surface area contributed by atoms with Crippen molar-refractivity contribution in [2.24, 2.45) is 5.92 Å². The molecule has 2 aromatic rings. The van der Waals surface area contributed by atoms with Gasteiger partial charge in [0.25, 0.3) is 5.91 Å². The van der Waals surface area contributed by atoms with E-state index in [0.717, 1.165) is 19.3 Å². The van der Waals surface area contributed by atoms with Crippen LogP contribution in [0.3, 0.4) is 0 Å². The first-order valence-electron chi connectivity index (χ1n) is 8.53. The number of carbonyl (C=O) groups is 2. The van der Waals surface area contributed by atoms with E-state index in [-0.39, 0.29) is 5.88 Å². The summed E-state index contributed by atoms with van der Waals surface area (Å²) in [5, 5.41) is 6.23. The number of carbonyl (C=O) groups excluding carboxylic acids is 2. The summed E-state index contributed by atoms with van der Waals surface area (Å²) in [6.45, 7) is 5.49. The average Bonchev–Trinajstić information content (AvgIpc) is 3.19. The molecule has 1 aliphatic carbocycles. The van der Waals surface area contributed by atoms with Crippen molar-refractivity contribution in [1.82, 2.24) is 5.16 Å². The number of hydrogen-bond acceptors (Lipinski definition) is 6. The topological polar surface area (TPSA) is 81.4 Å². The van der Waals surface area contributed by atoms with E-state index in [1.807, 2.05) is 6.07 Å². The zero-order valence-electron chi connectivity index (χ0n) is 14.6. The Morgan fingerprint density at radius 1 is 1.48 bits per heavy atom. The molecule has 0 radical (unpaired) electrons. The summed E-state index contributed by atoms with van der Waals surface area (Å²) < 4.78 is 10.2. The number of nitrogens with zero attached hydrogens (tertiary/aromatic N) is 1. The predicted molar refractivity (Wildman–Crippen MR) is 94.9 cm³/mol. The van der Waals surface area contributed by atoms with E-state index in [2.05, 4.69) is 17.4 Å². The Balaban J connectivity index is 1.60. The van der Waals surface area contributed by atoms with Crippen LogP contribution in [0.5, 0.6) is 0 Å². The van der Waals surface area contributed by atoms with Crippen molar-refractivity contribution in [2.45, 2.75) is 52.6 Å². The fraction of sp³-hybridized carbons (Fsp3) is 0.500. The smallest absolute Gasteiger partial charge is 0.349 e. The number of amides is 1. The van der Waals surface area contributed by atoms with E-state index in [1.54, 1.807) is 13.0 Å². The van der Waals surface area contributed by atoms with Gasteiger partial charge in [0, 0.05) is 10.9 Å². The van der Waals surface area contributed by atoms with Gasteiger partial charge in [-0.05, 0) is 50.7 Å². The average molecular weight is 362 g/mol. The second kappa shape index (κ2) is 7.39. The number of nitrogens with one attached hydrogen (secondary N) is 1. The molecule has 0 aromatic carbocycles. The van der Waals surface area contributed by atoms with E-state index in [4.69, 9.17) is 9.26 Å². The number of aromatic nitrogens is 1. The van der Waals surface area contributed by atoms with Gasteiger partial charge in [-0.3, -0.25) is 10.1 Å². The van der Waals surface area contributed by atoms with Crippen LogP contribution >= 0.6 is 11.3 Å². The summed E-state index contributed by atoms with van der Waals surface area (Å²) in [4.78, 5) is 26.3. The van der Waals surface area contributed by atoms with Crippen LogP contribution in [0, 0.1) is 12.8 Å². The van der Waals surface area contributed by atoms with E-state index in [9.17, 15) is 9.59 Å². The largest absolute Gasteiger partial charge is 0.448 e. The lowest BCUT2D eigenvalue weighted by molar-refractivity contribution is -0.123. The molecule has 1 N–H and O–H groups in total. The third-order valence-electron chi connectivity index (χ3n) is 4.49. The molecule has 134 valence electrons. The highest BCUT2D eigenvalue weighted by molar-refractivity contribution is 7.14. The maximum Gasteiger partial charge on any atom is 0.349 e. The van der Waals surface area contributed by atoms with Crippen molar-refractivity contribution >= 4 is 29.1 Å². The molecule has 0 saturated heterocycles. The molecular formula is C18H22N2O4S. The predicted octanol–water partition coefficient (Wildman–Crippen LogP) is 3.74. The highest BCUT2D eigenvalue weighted by Gasteiger charge is 2.25. The maximum absolute atomic E-state index is 12.4. The van der Waals surface area contributed by atoms with Crippen LogP contribution in [-0.2, 0) is 22.4 Å². The minimum atomic E-state index is -0.916. The molecule has 2 atom stereocenters. The third kappa shape index (κ3) is 4.10. The first kappa shape index (κ1) is 17.7. The standard InChI is InChI=1S/C18H22N2O4S/c1-4-12-5-6-14-13(8-12)9-15(25-14)18(22)23-11(3)17(21)19-16-7-10(2)20-24-16/h7,9,11-12H,4-6,8H2,1-3H3,(H,19,21). The molecular weight excluding hydrogens is 340 g/mol. The quantitative estimate of drug-likeness (QED) is 0.819. The van der Waals surface area contributed by atoms with E-state index in [1.165, 1.54) is 35.1 Å². The van der Waals surface area contributed by atoms with Crippen LogP contribution in [0.15, 0.2) is 16.7 Å². The number of aryl methyl sites for hydroxylation is 2. The van der Waals surface area contributed by atoms with Crippen LogP contribution < -0.4 is 5.32 Å². The Kier molecular flexibility index (Phi) is 5.22. The monoisotopic (exact) mass is 362 g/mol. The van der Waals surface area contributed by atoms with Crippen LogP contribution in [-0.4, -0.2) is 23.1 Å². The highest BCUT2D eigenvalue weighted by atomic mass is 32.1. The normalized spacial score (nSPS) is 17.6. The van der Waals surface area contributed by atoms with Gasteiger partial charge in [-0.2, -0.15) is 0 Å². The van der Waals surface area contributed by atoms with Crippen LogP contribution in [0.2, 0.25) is 0 Å². The zero-order chi connectivity index (χ0) is 18.0. The molecule has 25 heavy (non-hydrogen) atoms. The first-order chi connectivity index (χ1) is 12.0. The molecule has 2 aromatic heterocycles. The lowest BCUT2D eigenvalue weighted by Gasteiger charge is -2.19. The summed E-state index contributed by atoms with van der Waals surface area (Å²) >= 11 is 1.48. The number of thiophene rings is 1. The van der Waals surface area contributed by atoms with Gasteiger partial charge in [0.1, 0.15) is 4.88 Å². The molecule has 7 heteroatoms. The SMILES string of the molecule is CCC1CCc2sc(C(=O)OC(C)C(=O)Nc3cc(C)no3)cc2C1. The molecule has 0 saturated carbocycles. The Morgan fingerprint density at radius 2 is 2.28 bits per heavy atom. The van der Waals surface area contributed by atoms with Crippen LogP contribution in [0.25, 0.3) is 0 Å². The van der Waals surface area contributed by atoms with Crippen molar-refractivity contribution in [1.29, 1.82) is 0 Å². The number of hydrogen-bond donors (Lipinski definition) is 1. The van der Waals surface area contributed by atoms with Gasteiger partial charge >= 0.3 is 5.97 Å². The number of rotatable bonds is 5. The van der Waals surface area contributed by atoms with Crippen molar-refractivity contribution in [3.05, 3.63) is 33.1 Å². The van der Waals surface area contributed by atoms with E-state index in [0.29, 0.717) is 16.5 Å². The van der Waals surface area contributed by atoms with Gasteiger partial charge in [-0.15, -0.1) is 11.3 Å².